The number of rotatable bonds is 11. The van der Waals surface area contributed by atoms with E-state index in [2.05, 4.69) is 31.5 Å². The zero-order chi connectivity index (χ0) is 38.8. The normalized spacial score (nSPS) is 14.7. The number of anilines is 2. The lowest BCUT2D eigenvalue weighted by atomic mass is 10.1. The van der Waals surface area contributed by atoms with E-state index in [0.717, 1.165) is 55.2 Å². The second-order valence-electron chi connectivity index (χ2n) is 14.3. The van der Waals surface area contributed by atoms with E-state index >= 15 is 0 Å². The minimum absolute atomic E-state index is 0.0961. The minimum Gasteiger partial charge on any atom is -0.383 e. The number of amides is 4. The predicted molar refractivity (Wildman–Crippen MR) is 210 cm³/mol. The Morgan fingerprint density at radius 2 is 1.11 bits per heavy atom. The van der Waals surface area contributed by atoms with Gasteiger partial charge in [-0.15, -0.1) is 0 Å². The molecule has 284 valence electrons. The first-order valence-corrected chi connectivity index (χ1v) is 18.7. The van der Waals surface area contributed by atoms with Crippen molar-refractivity contribution < 1.29 is 19.2 Å². The average Bonchev–Trinajstić information content (AvgIpc) is 4.10. The molecule has 0 aliphatic heterocycles. The third-order valence-electron chi connectivity index (χ3n) is 9.58. The first kappa shape index (κ1) is 37.2. The highest BCUT2D eigenvalue weighted by molar-refractivity contribution is 6.30. The van der Waals surface area contributed by atoms with Crippen LogP contribution in [0, 0.1) is 13.8 Å². The number of halogens is 1. The van der Waals surface area contributed by atoms with Crippen LogP contribution in [-0.4, -0.2) is 61.3 Å². The molecule has 3 aromatic carbocycles. The van der Waals surface area contributed by atoms with Crippen molar-refractivity contribution in [3.8, 4) is 11.4 Å². The first-order valence-electron chi connectivity index (χ1n) is 18.3. The molecule has 14 nitrogen and oxygen atoms in total. The van der Waals surface area contributed by atoms with E-state index in [1.807, 2.05) is 38.1 Å². The summed E-state index contributed by atoms with van der Waals surface area (Å²) in [6, 6.07) is 18.9. The summed E-state index contributed by atoms with van der Waals surface area (Å²) in [7, 11) is 0. The van der Waals surface area contributed by atoms with Crippen LogP contribution in [0.25, 0.3) is 11.4 Å². The number of nitrogens with zero attached hydrogens (tertiary/aromatic N) is 4. The van der Waals surface area contributed by atoms with Gasteiger partial charge in [-0.3, -0.25) is 19.2 Å². The fourth-order valence-electron chi connectivity index (χ4n) is 5.82. The number of carbonyl (C=O) groups is 4. The van der Waals surface area contributed by atoms with Gasteiger partial charge in [0.05, 0.1) is 23.8 Å². The number of aromatic nitrogens is 4. The van der Waals surface area contributed by atoms with Crippen molar-refractivity contribution in [3.05, 3.63) is 117 Å². The molecular weight excluding hydrogens is 720 g/mol. The number of hydrogen-bond donors (Lipinski definition) is 6. The highest BCUT2D eigenvalue weighted by Crippen LogP contribution is 2.26. The topological polar surface area (TPSA) is 204 Å². The predicted octanol–water partition coefficient (Wildman–Crippen LogP) is 4.79. The molecule has 55 heavy (non-hydrogen) atoms. The van der Waals surface area contributed by atoms with Gasteiger partial charge in [0.2, 0.25) is 0 Å². The Balaban J connectivity index is 0.000000172. The molecule has 8 N–H and O–H groups in total. The van der Waals surface area contributed by atoms with Crippen molar-refractivity contribution in [1.29, 1.82) is 0 Å². The number of nitrogens with two attached hydrogens (primary N) is 2. The van der Waals surface area contributed by atoms with Gasteiger partial charge in [-0.05, 0) is 105 Å². The molecule has 8 rings (SSSR count). The summed E-state index contributed by atoms with van der Waals surface area (Å²) in [5.41, 5.74) is 18.2. The van der Waals surface area contributed by atoms with Gasteiger partial charge in [-0.25, -0.2) is 9.36 Å². The smallest absolute Gasteiger partial charge is 0.256 e. The molecule has 2 heterocycles. The van der Waals surface area contributed by atoms with Crippen LogP contribution in [-0.2, 0) is 6.54 Å². The van der Waals surface area contributed by atoms with Crippen molar-refractivity contribution in [3.63, 3.8) is 0 Å². The minimum atomic E-state index is -0.334. The van der Waals surface area contributed by atoms with Gasteiger partial charge in [0.25, 0.3) is 23.6 Å². The Morgan fingerprint density at radius 1 is 0.655 bits per heavy atom. The average molecular weight is 763 g/mol. The van der Waals surface area contributed by atoms with Crippen molar-refractivity contribution in [2.24, 2.45) is 0 Å². The van der Waals surface area contributed by atoms with Crippen LogP contribution in [0.3, 0.4) is 0 Å². The molecule has 3 aliphatic rings. The molecular formula is C40H43ClN10O4. The lowest BCUT2D eigenvalue weighted by Crippen LogP contribution is -2.26. The van der Waals surface area contributed by atoms with E-state index in [9.17, 15) is 19.2 Å². The highest BCUT2D eigenvalue weighted by atomic mass is 35.5. The molecule has 3 saturated carbocycles. The van der Waals surface area contributed by atoms with E-state index in [-0.39, 0.29) is 52.9 Å². The van der Waals surface area contributed by atoms with Gasteiger partial charge in [0, 0.05) is 40.8 Å². The van der Waals surface area contributed by atoms with Crippen LogP contribution in [0.1, 0.15) is 96.6 Å². The molecule has 0 radical (unpaired) electrons. The number of benzene rings is 3. The Morgan fingerprint density at radius 3 is 1.56 bits per heavy atom. The van der Waals surface area contributed by atoms with Gasteiger partial charge < -0.3 is 32.7 Å². The first-order chi connectivity index (χ1) is 26.4. The van der Waals surface area contributed by atoms with Crippen molar-refractivity contribution in [2.75, 3.05) is 11.5 Å². The van der Waals surface area contributed by atoms with Crippen LogP contribution < -0.4 is 32.7 Å². The monoisotopic (exact) mass is 762 g/mol. The second-order valence-corrected chi connectivity index (χ2v) is 14.7. The van der Waals surface area contributed by atoms with Gasteiger partial charge in [0.15, 0.2) is 0 Å². The maximum absolute atomic E-state index is 12.6. The quantitative estimate of drug-likeness (QED) is 0.110. The lowest BCUT2D eigenvalue weighted by Gasteiger charge is -2.11. The van der Waals surface area contributed by atoms with Crippen molar-refractivity contribution >= 4 is 46.9 Å². The number of carbonyl (C=O) groups excluding carboxylic acids is 4. The maximum atomic E-state index is 12.6. The molecule has 0 atom stereocenters. The largest absolute Gasteiger partial charge is 0.383 e. The number of nitrogen functional groups attached to an aromatic ring is 2. The highest BCUT2D eigenvalue weighted by Gasteiger charge is 2.28. The van der Waals surface area contributed by atoms with Crippen LogP contribution in [0.5, 0.6) is 0 Å². The molecule has 0 bridgehead atoms. The second kappa shape index (κ2) is 15.7. The Hall–Kier alpha value is -6.15. The van der Waals surface area contributed by atoms with Gasteiger partial charge >= 0.3 is 0 Å². The van der Waals surface area contributed by atoms with Crippen molar-refractivity contribution in [1.82, 2.24) is 40.8 Å². The molecule has 3 fully saturated rings. The summed E-state index contributed by atoms with van der Waals surface area (Å²) in [6.07, 6.45) is 9.04. The summed E-state index contributed by atoms with van der Waals surface area (Å²) in [6.45, 7) is 4.14. The lowest BCUT2D eigenvalue weighted by molar-refractivity contribution is 0.0942. The van der Waals surface area contributed by atoms with Crippen LogP contribution in [0.4, 0.5) is 11.6 Å². The maximum Gasteiger partial charge on any atom is 0.256 e. The zero-order valence-corrected chi connectivity index (χ0v) is 31.3. The number of nitrogens with one attached hydrogen (secondary N) is 4. The van der Waals surface area contributed by atoms with E-state index < -0.39 is 0 Å². The number of aryl methyl sites for hydroxylation is 2. The molecule has 3 aliphatic carbocycles. The van der Waals surface area contributed by atoms with Crippen LogP contribution in [0.15, 0.2) is 73.1 Å². The molecule has 0 saturated heterocycles. The number of hydrogen-bond acceptors (Lipinski definition) is 8. The third-order valence-corrected chi connectivity index (χ3v) is 9.82. The van der Waals surface area contributed by atoms with Crippen LogP contribution in [0.2, 0.25) is 5.02 Å². The van der Waals surface area contributed by atoms with Crippen molar-refractivity contribution in [2.45, 2.75) is 77.0 Å². The van der Waals surface area contributed by atoms with Crippen LogP contribution >= 0.6 is 11.6 Å². The third kappa shape index (κ3) is 8.98. The molecule has 5 aromatic rings. The summed E-state index contributed by atoms with van der Waals surface area (Å²) in [5, 5.41) is 20.8. The summed E-state index contributed by atoms with van der Waals surface area (Å²) in [5.74, 6) is -0.266. The molecule has 0 spiro atoms. The SMILES string of the molecule is Cc1ccc(C(=O)NC2CC2)cc1-n1ncc(C(=O)NC2CC2)c1N.Cc1ccc(C(=O)NC2CC2)cc1-n1ncc(C(=O)NCc2cccc(Cl)c2)c1N. The molecule has 0 unspecified atom stereocenters. The summed E-state index contributed by atoms with van der Waals surface area (Å²) >= 11 is 5.98. The van der Waals surface area contributed by atoms with Gasteiger partial charge in [-0.2, -0.15) is 10.2 Å². The zero-order valence-electron chi connectivity index (χ0n) is 30.6. The van der Waals surface area contributed by atoms with E-state index in [0.29, 0.717) is 45.7 Å². The van der Waals surface area contributed by atoms with Gasteiger partial charge in [0.1, 0.15) is 22.8 Å². The molecule has 15 heteroatoms. The van der Waals surface area contributed by atoms with Gasteiger partial charge in [-0.1, -0.05) is 35.9 Å². The molecule has 2 aromatic heterocycles. The standard InChI is InChI=1S/C22H22ClN5O2.C18H21N5O2/c1-13-5-6-15(21(29)27-17-7-8-17)10-19(13)28-20(24)18(12-26-28)22(30)25-11-14-3-2-4-16(23)9-14;1-10-2-3-11(17(24)21-12-4-5-12)8-15(10)23-16(19)14(9-20-23)18(25)22-13-6-7-13/h2-6,9-10,12,17H,7-8,11,24H2,1H3,(H,25,30)(H,27,29);2-3,8-9,12-13H,4-7,19H2,1H3,(H,21,24)(H,22,25). The fourth-order valence-corrected chi connectivity index (χ4v) is 6.03. The Bertz CT molecular complexity index is 2290. The summed E-state index contributed by atoms with van der Waals surface area (Å²) in [4.78, 5) is 49.5. The Labute approximate surface area is 323 Å². The van der Waals surface area contributed by atoms with E-state index in [4.69, 9.17) is 23.1 Å². The Kier molecular flexibility index (Phi) is 10.6. The fraction of sp³-hybridized carbons (Fsp3) is 0.300. The van der Waals surface area contributed by atoms with E-state index in [1.54, 1.807) is 36.4 Å². The van der Waals surface area contributed by atoms with E-state index in [1.165, 1.54) is 21.8 Å². The molecule has 4 amide bonds. The summed E-state index contributed by atoms with van der Waals surface area (Å²) < 4.78 is 3.00.